The first kappa shape index (κ1) is 46.1. The van der Waals surface area contributed by atoms with Crippen LogP contribution in [0.3, 0.4) is 0 Å². The number of fused-ring (bicyclic) bond motifs is 24. The van der Waals surface area contributed by atoms with E-state index in [4.69, 9.17) is 31.2 Å². The van der Waals surface area contributed by atoms with Crippen molar-refractivity contribution in [2.45, 2.75) is 0 Å². The molecule has 21 aromatic rings. The predicted molar refractivity (Wildman–Crippen MR) is 386 cm³/mol. The minimum Gasteiger partial charge on any atom is -0.452 e. The van der Waals surface area contributed by atoms with Crippen LogP contribution < -0.4 is 0 Å². The number of benzene rings is 15. The van der Waals surface area contributed by atoms with Crippen LogP contribution in [0.1, 0.15) is 6.85 Å². The number of para-hydroxylation sites is 1. The van der Waals surface area contributed by atoms with Gasteiger partial charge < -0.3 is 4.42 Å². The second-order valence-electron chi connectivity index (χ2n) is 23.6. The molecule has 6 aromatic heterocycles. The summed E-state index contributed by atoms with van der Waals surface area (Å²) in [5.74, 6) is 0.988. The van der Waals surface area contributed by atoms with Crippen LogP contribution in [0, 0.1) is 0 Å². The van der Waals surface area contributed by atoms with Gasteiger partial charge in [0, 0.05) is 48.1 Å². The summed E-state index contributed by atoms with van der Waals surface area (Å²) in [7, 11) is 0. The van der Waals surface area contributed by atoms with Gasteiger partial charge in [-0.3, -0.25) is 9.13 Å². The molecule has 15 aromatic carbocycles. The van der Waals surface area contributed by atoms with Crippen LogP contribution in [0.4, 0.5) is 0 Å². The van der Waals surface area contributed by atoms with Crippen molar-refractivity contribution < 1.29 is 11.3 Å². The summed E-state index contributed by atoms with van der Waals surface area (Å²) in [6, 6.07) is 89.8. The maximum absolute atomic E-state index is 8.79. The van der Waals surface area contributed by atoms with Crippen molar-refractivity contribution in [1.29, 1.82) is 0 Å². The third-order valence-electron chi connectivity index (χ3n) is 18.6. The van der Waals surface area contributed by atoms with Crippen molar-refractivity contribution >= 4 is 173 Å². The van der Waals surface area contributed by atoms with Crippen molar-refractivity contribution in [2.75, 3.05) is 0 Å². The third kappa shape index (κ3) is 7.56. The summed E-state index contributed by atoms with van der Waals surface area (Å²) in [5.41, 5.74) is 8.43. The number of hydrogen-bond acceptors (Lipinski definition) is 6. The van der Waals surface area contributed by atoms with Gasteiger partial charge in [0.05, 0.1) is 44.8 Å². The van der Waals surface area contributed by atoms with Gasteiger partial charge in [0.25, 0.3) is 0 Å². The highest BCUT2D eigenvalue weighted by atomic mass is 32.1. The van der Waals surface area contributed by atoms with Crippen molar-refractivity contribution in [3.63, 3.8) is 0 Å². The highest BCUT2D eigenvalue weighted by Crippen LogP contribution is 2.46. The predicted octanol–water partition coefficient (Wildman–Crippen LogP) is 22.8. The van der Waals surface area contributed by atoms with Crippen LogP contribution in [0.25, 0.3) is 196 Å². The molecule has 0 radical (unpaired) electrons. The molecule has 0 fully saturated rings. The van der Waals surface area contributed by atoms with Gasteiger partial charge in [-0.1, -0.05) is 230 Å². The Morgan fingerprint density at radius 3 is 1.36 bits per heavy atom. The molecular formula is C84H48N6OS. The Balaban J connectivity index is 0.000000134. The standard InChI is InChI=1S/C48H27N3S.C36H21N3O/c1-2-13-30-27-42-40(25-29(30)12-1)44-32-14-4-3-11-28(32)22-24-41(44)51(42)48-49-45(47-46(50-48)38-19-9-10-20-43(38)52-47)31-21-23-37-35-17-6-5-15-33(35)34-16-7-8-18-36(34)39(37)26-31;1-2-11-23(12-3-1)33-35-34(27-16-8-9-17-31(27)40-35)38-36(37-33)39-29-19-18-22-10-6-7-15-26(22)32(29)28-20-24-13-4-5-14-25(24)21-30(28)39/h1-27H;1-21H/i;1D,2D,3D,11D,12D. The van der Waals surface area contributed by atoms with E-state index in [0.29, 0.717) is 23.0 Å². The summed E-state index contributed by atoms with van der Waals surface area (Å²) in [6.45, 7) is 0. The van der Waals surface area contributed by atoms with Crippen molar-refractivity contribution in [1.82, 2.24) is 29.1 Å². The average Bonchev–Trinajstić information content (AvgIpc) is 1.60. The molecule has 6 heterocycles. The number of nitrogens with zero attached hydrogens (tertiary/aromatic N) is 6. The summed E-state index contributed by atoms with van der Waals surface area (Å²) in [5, 5.41) is 23.2. The van der Waals surface area contributed by atoms with Crippen molar-refractivity contribution in [2.24, 2.45) is 0 Å². The molecule has 0 saturated carbocycles. The zero-order valence-corrected chi connectivity index (χ0v) is 49.6. The zero-order chi connectivity index (χ0) is 64.5. The fraction of sp³-hybridized carbons (Fsp3) is 0. The molecule has 426 valence electrons. The number of rotatable bonds is 4. The Hall–Kier alpha value is -12.1. The molecule has 0 N–H and O–H groups in total. The van der Waals surface area contributed by atoms with Crippen LogP contribution in [0.15, 0.2) is 295 Å². The molecule has 0 spiro atoms. The molecule has 0 saturated heterocycles. The highest BCUT2D eigenvalue weighted by Gasteiger charge is 2.25. The molecule has 92 heavy (non-hydrogen) atoms. The van der Waals surface area contributed by atoms with Gasteiger partial charge >= 0.3 is 0 Å². The summed E-state index contributed by atoms with van der Waals surface area (Å²) >= 11 is 1.78. The number of thiophene rings is 1. The minimum atomic E-state index is -0.468. The van der Waals surface area contributed by atoms with E-state index >= 15 is 0 Å². The van der Waals surface area contributed by atoms with Gasteiger partial charge in [0.2, 0.25) is 11.9 Å². The van der Waals surface area contributed by atoms with E-state index in [2.05, 4.69) is 217 Å². The summed E-state index contributed by atoms with van der Waals surface area (Å²) in [4.78, 5) is 21.1. The normalized spacial score (nSPS) is 12.9. The smallest absolute Gasteiger partial charge is 0.236 e. The van der Waals surface area contributed by atoms with E-state index in [0.717, 1.165) is 86.6 Å². The van der Waals surface area contributed by atoms with Gasteiger partial charge in [-0.25, -0.2) is 19.9 Å². The van der Waals surface area contributed by atoms with Crippen LogP contribution in [0.2, 0.25) is 0 Å². The highest BCUT2D eigenvalue weighted by molar-refractivity contribution is 7.26. The Kier molecular flexibility index (Phi) is 9.87. The largest absolute Gasteiger partial charge is 0.452 e. The molecule has 7 nitrogen and oxygen atoms in total. The third-order valence-corrected chi connectivity index (χ3v) is 19.8. The maximum atomic E-state index is 8.79. The van der Waals surface area contributed by atoms with E-state index in [1.165, 1.54) is 69.3 Å². The second-order valence-corrected chi connectivity index (χ2v) is 24.7. The second kappa shape index (κ2) is 19.7. The Bertz CT molecular complexity index is 6990. The lowest BCUT2D eigenvalue weighted by atomic mass is 9.93. The van der Waals surface area contributed by atoms with Gasteiger partial charge in [0.1, 0.15) is 16.8 Å². The van der Waals surface area contributed by atoms with Gasteiger partial charge in [-0.2, -0.15) is 0 Å². The van der Waals surface area contributed by atoms with E-state index in [-0.39, 0.29) is 28.9 Å². The van der Waals surface area contributed by atoms with Gasteiger partial charge in [-0.15, -0.1) is 11.3 Å². The number of furan rings is 1. The molecule has 21 rings (SSSR count). The fourth-order valence-corrected chi connectivity index (χ4v) is 15.7. The lowest BCUT2D eigenvalue weighted by Crippen LogP contribution is -2.03. The van der Waals surface area contributed by atoms with Crippen LogP contribution in [-0.2, 0) is 0 Å². The lowest BCUT2D eigenvalue weighted by molar-refractivity contribution is 0.666. The van der Waals surface area contributed by atoms with Crippen LogP contribution in [-0.4, -0.2) is 29.1 Å². The number of hydrogen-bond donors (Lipinski definition) is 0. The van der Waals surface area contributed by atoms with Crippen molar-refractivity contribution in [3.05, 3.63) is 291 Å². The number of aromatic nitrogens is 6. The van der Waals surface area contributed by atoms with E-state index in [1.807, 2.05) is 53.1 Å². The Morgan fingerprint density at radius 1 is 0.315 bits per heavy atom. The molecule has 8 heteroatoms. The van der Waals surface area contributed by atoms with E-state index < -0.39 is 18.1 Å². The maximum Gasteiger partial charge on any atom is 0.236 e. The topological polar surface area (TPSA) is 74.6 Å². The molecule has 0 atom stereocenters. The fourth-order valence-electron chi connectivity index (χ4n) is 14.5. The summed E-state index contributed by atoms with van der Waals surface area (Å²) < 4.78 is 55.4. The van der Waals surface area contributed by atoms with Crippen molar-refractivity contribution in [3.8, 4) is 34.4 Å². The molecule has 0 aliphatic heterocycles. The molecule has 0 aliphatic rings. The van der Waals surface area contributed by atoms with E-state index in [1.54, 1.807) is 11.3 Å². The first-order chi connectivity index (χ1) is 47.7. The molecule has 0 amide bonds. The summed E-state index contributed by atoms with van der Waals surface area (Å²) in [6.07, 6.45) is 0. The quantitative estimate of drug-likeness (QED) is 0.164. The van der Waals surface area contributed by atoms with Gasteiger partial charge in [0.15, 0.2) is 5.58 Å². The molecule has 0 unspecified atom stereocenters. The van der Waals surface area contributed by atoms with Crippen LogP contribution >= 0.6 is 11.3 Å². The average molecular weight is 1190 g/mol. The first-order valence-electron chi connectivity index (χ1n) is 33.2. The molecule has 0 bridgehead atoms. The van der Waals surface area contributed by atoms with Gasteiger partial charge in [-0.05, 0) is 136 Å². The van der Waals surface area contributed by atoms with Crippen LogP contribution in [0.5, 0.6) is 0 Å². The lowest BCUT2D eigenvalue weighted by Gasteiger charge is -2.13. The van der Waals surface area contributed by atoms with E-state index in [9.17, 15) is 0 Å². The SMILES string of the molecule is [2H]c1c([2H])c([2H])c(-c2nc(-n3c4cc5ccccc5cc4c4c5ccccc5ccc43)nc3c2oc2ccccc23)c([2H])c1[2H].c1ccc2cc3c(cc2c1)c1c2ccccc2ccc1n3-c1nc(-c2ccc3c4ccccc4c4ccccc4c3c2)c2sc3ccccc3c2n1. The Morgan fingerprint density at radius 2 is 0.772 bits per heavy atom. The Labute approximate surface area is 535 Å². The monoisotopic (exact) mass is 1190 g/mol. The zero-order valence-electron chi connectivity index (χ0n) is 53.8. The first-order valence-corrected chi connectivity index (χ1v) is 31.5. The molecule has 0 aliphatic carbocycles. The minimum absolute atomic E-state index is 0.0367. The molecular weight excluding hydrogens is 1140 g/mol.